The third-order valence-electron chi connectivity index (χ3n) is 3.83. The van der Waals surface area contributed by atoms with E-state index in [4.69, 9.17) is 5.11 Å². The van der Waals surface area contributed by atoms with Gasteiger partial charge in [-0.3, -0.25) is 4.79 Å². The Balaban J connectivity index is 2.29. The van der Waals surface area contributed by atoms with E-state index in [9.17, 15) is 14.7 Å². The second kappa shape index (κ2) is 5.90. The Hall–Kier alpha value is -2.18. The van der Waals surface area contributed by atoms with Gasteiger partial charge in [0.15, 0.2) is 5.69 Å². The van der Waals surface area contributed by atoms with Crippen molar-refractivity contribution >= 4 is 17.9 Å². The second-order valence-electron chi connectivity index (χ2n) is 6.59. The van der Waals surface area contributed by atoms with Gasteiger partial charge >= 0.3 is 11.9 Å². The lowest BCUT2D eigenvalue weighted by Crippen LogP contribution is -2.38. The van der Waals surface area contributed by atoms with Crippen molar-refractivity contribution < 1.29 is 19.8 Å². The average Bonchev–Trinajstić information content (AvgIpc) is 2.46. The molecule has 2 rings (SSSR count). The molecule has 120 valence electrons. The highest BCUT2D eigenvalue weighted by Crippen LogP contribution is 2.25. The first-order valence-corrected chi connectivity index (χ1v) is 7.29. The number of piperidine rings is 1. The molecule has 1 fully saturated rings. The number of carboxylic acid groups (broad SMARTS) is 2. The largest absolute Gasteiger partial charge is 0.481 e. The fraction of sp³-hybridized carbons (Fsp3) is 0.600. The zero-order chi connectivity index (χ0) is 16.5. The normalized spacial score (nSPS) is 16.6. The molecule has 0 unspecified atom stereocenters. The minimum Gasteiger partial charge on any atom is -0.481 e. The van der Waals surface area contributed by atoms with E-state index >= 15 is 0 Å². The third-order valence-corrected chi connectivity index (χ3v) is 3.83. The highest BCUT2D eigenvalue weighted by molar-refractivity contribution is 5.85. The Morgan fingerprint density at radius 1 is 1.18 bits per heavy atom. The van der Waals surface area contributed by atoms with Crippen molar-refractivity contribution in [2.24, 2.45) is 5.92 Å². The molecule has 0 saturated carbocycles. The maximum Gasteiger partial charge on any atom is 0.354 e. The van der Waals surface area contributed by atoms with Gasteiger partial charge in [-0.05, 0) is 18.9 Å². The molecular weight excluding hydrogens is 286 g/mol. The first-order chi connectivity index (χ1) is 10.2. The van der Waals surface area contributed by atoms with Crippen LogP contribution in [0.1, 0.15) is 49.8 Å². The summed E-state index contributed by atoms with van der Waals surface area (Å²) in [4.78, 5) is 32.7. The zero-order valence-electron chi connectivity index (χ0n) is 13.0. The Kier molecular flexibility index (Phi) is 4.35. The molecule has 1 aromatic rings. The summed E-state index contributed by atoms with van der Waals surface area (Å²) in [6.45, 7) is 6.91. The Morgan fingerprint density at radius 3 is 2.23 bits per heavy atom. The lowest BCUT2D eigenvalue weighted by molar-refractivity contribution is -0.142. The molecule has 0 amide bonds. The quantitative estimate of drug-likeness (QED) is 0.877. The third kappa shape index (κ3) is 3.52. The van der Waals surface area contributed by atoms with Gasteiger partial charge in [0, 0.05) is 18.5 Å². The number of anilines is 1. The van der Waals surface area contributed by atoms with Crippen molar-refractivity contribution in [2.45, 2.75) is 39.0 Å². The van der Waals surface area contributed by atoms with Crippen LogP contribution in [0.4, 0.5) is 5.95 Å². The Bertz CT molecular complexity index is 587. The van der Waals surface area contributed by atoms with E-state index in [1.807, 2.05) is 25.7 Å². The molecule has 2 N–H and O–H groups in total. The van der Waals surface area contributed by atoms with E-state index in [0.717, 1.165) is 0 Å². The number of aromatic carboxylic acids is 1. The Morgan fingerprint density at radius 2 is 1.77 bits per heavy atom. The summed E-state index contributed by atoms with van der Waals surface area (Å²) in [5.41, 5.74) is 0.340. The van der Waals surface area contributed by atoms with Gasteiger partial charge in [-0.25, -0.2) is 14.8 Å². The van der Waals surface area contributed by atoms with Gasteiger partial charge in [0.1, 0.15) is 0 Å². The number of carboxylic acids is 2. The molecule has 2 heterocycles. The SMILES string of the molecule is CC(C)(C)c1cc(C(=O)O)nc(N2CCC(C(=O)O)CC2)n1. The predicted octanol–water partition coefficient (Wildman–Crippen LogP) is 1.77. The van der Waals surface area contributed by atoms with E-state index in [0.29, 0.717) is 37.6 Å². The predicted molar refractivity (Wildman–Crippen MR) is 80.3 cm³/mol. The molecule has 0 aromatic carbocycles. The van der Waals surface area contributed by atoms with Crippen molar-refractivity contribution in [3.63, 3.8) is 0 Å². The topological polar surface area (TPSA) is 104 Å². The van der Waals surface area contributed by atoms with Crippen LogP contribution in [0.3, 0.4) is 0 Å². The van der Waals surface area contributed by atoms with Crippen LogP contribution in [-0.2, 0) is 10.2 Å². The molecule has 1 saturated heterocycles. The monoisotopic (exact) mass is 307 g/mol. The minimum atomic E-state index is -1.09. The van der Waals surface area contributed by atoms with Crippen LogP contribution in [-0.4, -0.2) is 45.2 Å². The minimum absolute atomic E-state index is 0.0321. The summed E-state index contributed by atoms with van der Waals surface area (Å²) in [7, 11) is 0. The molecule has 1 aromatic heterocycles. The van der Waals surface area contributed by atoms with Gasteiger partial charge in [0.25, 0.3) is 0 Å². The van der Waals surface area contributed by atoms with Crippen LogP contribution in [0.2, 0.25) is 0 Å². The van der Waals surface area contributed by atoms with E-state index in [2.05, 4.69) is 9.97 Å². The van der Waals surface area contributed by atoms with Crippen LogP contribution in [0.25, 0.3) is 0 Å². The summed E-state index contributed by atoms with van der Waals surface area (Å²) < 4.78 is 0. The van der Waals surface area contributed by atoms with Crippen LogP contribution >= 0.6 is 0 Å². The van der Waals surface area contributed by atoms with E-state index < -0.39 is 11.9 Å². The highest BCUT2D eigenvalue weighted by atomic mass is 16.4. The van der Waals surface area contributed by atoms with Gasteiger partial charge in [0.2, 0.25) is 5.95 Å². The van der Waals surface area contributed by atoms with Crippen molar-refractivity contribution in [2.75, 3.05) is 18.0 Å². The molecule has 0 bridgehead atoms. The molecule has 1 aliphatic rings. The van der Waals surface area contributed by atoms with Crippen LogP contribution in [0.5, 0.6) is 0 Å². The lowest BCUT2D eigenvalue weighted by atomic mass is 9.91. The molecule has 0 radical (unpaired) electrons. The van der Waals surface area contributed by atoms with E-state index in [-0.39, 0.29) is 17.0 Å². The van der Waals surface area contributed by atoms with Gasteiger partial charge < -0.3 is 15.1 Å². The van der Waals surface area contributed by atoms with Crippen LogP contribution < -0.4 is 4.90 Å². The van der Waals surface area contributed by atoms with Crippen LogP contribution in [0, 0.1) is 5.92 Å². The van der Waals surface area contributed by atoms with Crippen molar-refractivity contribution in [1.29, 1.82) is 0 Å². The maximum absolute atomic E-state index is 11.3. The Labute approximate surface area is 129 Å². The van der Waals surface area contributed by atoms with E-state index in [1.54, 1.807) is 0 Å². The first kappa shape index (κ1) is 16.2. The smallest absolute Gasteiger partial charge is 0.354 e. The summed E-state index contributed by atoms with van der Waals surface area (Å²) in [6.07, 6.45) is 1.03. The molecule has 0 spiro atoms. The van der Waals surface area contributed by atoms with Crippen molar-refractivity contribution in [1.82, 2.24) is 9.97 Å². The molecule has 1 aliphatic heterocycles. The zero-order valence-corrected chi connectivity index (χ0v) is 13.0. The average molecular weight is 307 g/mol. The fourth-order valence-electron chi connectivity index (χ4n) is 2.40. The lowest BCUT2D eigenvalue weighted by Gasteiger charge is -2.31. The first-order valence-electron chi connectivity index (χ1n) is 7.29. The molecule has 0 aliphatic carbocycles. The molecular formula is C15H21N3O4. The standard InChI is InChI=1S/C15H21N3O4/c1-15(2,3)11-8-10(13(21)22)16-14(17-11)18-6-4-9(5-7-18)12(19)20/h8-9H,4-7H2,1-3H3,(H,19,20)(H,21,22). The van der Waals surface area contributed by atoms with Crippen molar-refractivity contribution in [3.8, 4) is 0 Å². The van der Waals surface area contributed by atoms with Gasteiger partial charge in [-0.15, -0.1) is 0 Å². The van der Waals surface area contributed by atoms with Crippen LogP contribution in [0.15, 0.2) is 6.07 Å². The maximum atomic E-state index is 11.3. The summed E-state index contributed by atoms with van der Waals surface area (Å²) >= 11 is 0. The fourth-order valence-corrected chi connectivity index (χ4v) is 2.40. The number of hydrogen-bond acceptors (Lipinski definition) is 5. The number of hydrogen-bond donors (Lipinski definition) is 2. The molecule has 22 heavy (non-hydrogen) atoms. The number of aromatic nitrogens is 2. The summed E-state index contributed by atoms with van der Waals surface area (Å²) in [5.74, 6) is -1.85. The number of nitrogens with zero attached hydrogens (tertiary/aromatic N) is 3. The second-order valence-corrected chi connectivity index (χ2v) is 6.59. The molecule has 7 heteroatoms. The number of carbonyl (C=O) groups is 2. The molecule has 0 atom stereocenters. The van der Waals surface area contributed by atoms with Gasteiger partial charge in [-0.2, -0.15) is 0 Å². The number of rotatable bonds is 3. The van der Waals surface area contributed by atoms with Crippen molar-refractivity contribution in [3.05, 3.63) is 17.5 Å². The summed E-state index contributed by atoms with van der Waals surface area (Å²) in [6, 6.07) is 1.50. The summed E-state index contributed by atoms with van der Waals surface area (Å²) in [5, 5.41) is 18.3. The molecule has 7 nitrogen and oxygen atoms in total. The number of aliphatic carboxylic acids is 1. The van der Waals surface area contributed by atoms with E-state index in [1.165, 1.54) is 6.07 Å². The highest BCUT2D eigenvalue weighted by Gasteiger charge is 2.27. The van der Waals surface area contributed by atoms with Gasteiger partial charge in [0.05, 0.1) is 11.6 Å². The van der Waals surface area contributed by atoms with Gasteiger partial charge in [-0.1, -0.05) is 20.8 Å².